The summed E-state index contributed by atoms with van der Waals surface area (Å²) in [6.45, 7) is 7.70. The molecule has 1 saturated carbocycles. The zero-order chi connectivity index (χ0) is 13.4. The van der Waals surface area contributed by atoms with E-state index in [-0.39, 0.29) is 0 Å². The van der Waals surface area contributed by atoms with Crippen LogP contribution < -0.4 is 5.32 Å². The van der Waals surface area contributed by atoms with Gasteiger partial charge in [0.2, 0.25) is 0 Å². The van der Waals surface area contributed by atoms with E-state index in [1.54, 1.807) is 11.3 Å². The quantitative estimate of drug-likeness (QED) is 0.885. The van der Waals surface area contributed by atoms with Crippen LogP contribution in [-0.4, -0.2) is 15.6 Å². The van der Waals surface area contributed by atoms with Crippen molar-refractivity contribution in [2.75, 3.05) is 5.32 Å². The van der Waals surface area contributed by atoms with Gasteiger partial charge in [0.1, 0.15) is 0 Å². The standard InChI is InChI=1S/C15H21N3S/c1-4-7-18-10(2)8-13(11(18)3)14-9-19-15(17-14)16-12-5-6-12/h8-9,12H,4-7H2,1-3H3,(H,16,17). The third-order valence-electron chi connectivity index (χ3n) is 3.71. The minimum Gasteiger partial charge on any atom is -0.359 e. The van der Waals surface area contributed by atoms with Crippen LogP contribution in [0, 0.1) is 13.8 Å². The molecule has 0 bridgehead atoms. The molecule has 4 heteroatoms. The van der Waals surface area contributed by atoms with Crippen molar-refractivity contribution in [1.29, 1.82) is 0 Å². The number of thiazole rings is 1. The van der Waals surface area contributed by atoms with Crippen LogP contribution >= 0.6 is 11.3 Å². The molecule has 102 valence electrons. The number of aryl methyl sites for hydroxylation is 1. The normalized spacial score (nSPS) is 14.9. The van der Waals surface area contributed by atoms with Gasteiger partial charge in [-0.25, -0.2) is 4.98 Å². The summed E-state index contributed by atoms with van der Waals surface area (Å²) >= 11 is 1.72. The van der Waals surface area contributed by atoms with E-state index < -0.39 is 0 Å². The Morgan fingerprint density at radius 2 is 2.21 bits per heavy atom. The van der Waals surface area contributed by atoms with E-state index in [9.17, 15) is 0 Å². The molecular weight excluding hydrogens is 254 g/mol. The van der Waals surface area contributed by atoms with Crippen molar-refractivity contribution in [1.82, 2.24) is 9.55 Å². The SMILES string of the molecule is CCCn1c(C)cc(-c2csc(NC3CC3)n2)c1C. The molecule has 0 radical (unpaired) electrons. The Hall–Kier alpha value is -1.29. The number of anilines is 1. The molecule has 1 aliphatic carbocycles. The van der Waals surface area contributed by atoms with E-state index in [4.69, 9.17) is 4.98 Å². The van der Waals surface area contributed by atoms with E-state index in [0.29, 0.717) is 6.04 Å². The molecule has 19 heavy (non-hydrogen) atoms. The van der Waals surface area contributed by atoms with Crippen LogP contribution in [0.2, 0.25) is 0 Å². The molecular formula is C15H21N3S. The molecule has 1 fully saturated rings. The molecule has 1 aliphatic rings. The Bertz CT molecular complexity index is 578. The van der Waals surface area contributed by atoms with Crippen molar-refractivity contribution in [2.24, 2.45) is 0 Å². The fourth-order valence-electron chi connectivity index (χ4n) is 2.49. The predicted molar refractivity (Wildman–Crippen MR) is 81.9 cm³/mol. The number of nitrogens with zero attached hydrogens (tertiary/aromatic N) is 2. The van der Waals surface area contributed by atoms with Crippen LogP contribution in [0.4, 0.5) is 5.13 Å². The highest BCUT2D eigenvalue weighted by Gasteiger charge is 2.22. The second-order valence-corrected chi connectivity index (χ2v) is 6.25. The molecule has 2 aromatic rings. The van der Waals surface area contributed by atoms with E-state index in [1.807, 2.05) is 0 Å². The summed E-state index contributed by atoms with van der Waals surface area (Å²) < 4.78 is 2.39. The molecule has 0 aliphatic heterocycles. The van der Waals surface area contributed by atoms with Crippen molar-refractivity contribution in [3.63, 3.8) is 0 Å². The smallest absolute Gasteiger partial charge is 0.183 e. The maximum absolute atomic E-state index is 4.73. The third kappa shape index (κ3) is 2.54. The number of nitrogens with one attached hydrogen (secondary N) is 1. The lowest BCUT2D eigenvalue weighted by Gasteiger charge is -2.07. The Morgan fingerprint density at radius 1 is 1.42 bits per heavy atom. The minimum atomic E-state index is 0.673. The molecule has 0 amide bonds. The highest BCUT2D eigenvalue weighted by molar-refractivity contribution is 7.14. The first-order valence-corrected chi connectivity index (χ1v) is 7.96. The molecule has 0 aromatic carbocycles. The first-order valence-electron chi connectivity index (χ1n) is 7.08. The zero-order valence-corrected chi connectivity index (χ0v) is 12.7. The molecule has 2 heterocycles. The van der Waals surface area contributed by atoms with Gasteiger partial charge >= 0.3 is 0 Å². The van der Waals surface area contributed by atoms with Crippen LogP contribution in [0.15, 0.2) is 11.4 Å². The summed E-state index contributed by atoms with van der Waals surface area (Å²) in [7, 11) is 0. The van der Waals surface area contributed by atoms with Gasteiger partial charge in [-0.05, 0) is 39.2 Å². The summed E-state index contributed by atoms with van der Waals surface area (Å²) in [5.74, 6) is 0. The number of hydrogen-bond donors (Lipinski definition) is 1. The van der Waals surface area contributed by atoms with E-state index in [2.05, 4.69) is 42.1 Å². The predicted octanol–water partition coefficient (Wildman–Crippen LogP) is 4.21. The van der Waals surface area contributed by atoms with E-state index in [1.165, 1.54) is 36.2 Å². The van der Waals surface area contributed by atoms with Crippen LogP contribution in [0.1, 0.15) is 37.6 Å². The first kappa shape index (κ1) is 12.7. The molecule has 3 nitrogen and oxygen atoms in total. The van der Waals surface area contributed by atoms with Crippen molar-refractivity contribution in [3.8, 4) is 11.3 Å². The van der Waals surface area contributed by atoms with Gasteiger partial charge in [-0.2, -0.15) is 0 Å². The average molecular weight is 275 g/mol. The van der Waals surface area contributed by atoms with E-state index >= 15 is 0 Å². The second kappa shape index (κ2) is 5.00. The van der Waals surface area contributed by atoms with Gasteiger partial charge in [-0.1, -0.05) is 6.92 Å². The van der Waals surface area contributed by atoms with Gasteiger partial charge in [-0.3, -0.25) is 0 Å². The molecule has 0 spiro atoms. The second-order valence-electron chi connectivity index (χ2n) is 5.39. The summed E-state index contributed by atoms with van der Waals surface area (Å²) in [4.78, 5) is 4.73. The van der Waals surface area contributed by atoms with Crippen molar-refractivity contribution >= 4 is 16.5 Å². The van der Waals surface area contributed by atoms with Gasteiger partial charge in [-0.15, -0.1) is 11.3 Å². The summed E-state index contributed by atoms with van der Waals surface area (Å²) in [6, 6.07) is 2.94. The number of rotatable bonds is 5. The average Bonchev–Trinajstić information content (AvgIpc) is 3.01. The molecule has 3 rings (SSSR count). The Balaban J connectivity index is 1.88. The molecule has 2 aromatic heterocycles. The minimum absolute atomic E-state index is 0.673. The van der Waals surface area contributed by atoms with Crippen LogP contribution in [-0.2, 0) is 6.54 Å². The highest BCUT2D eigenvalue weighted by atomic mass is 32.1. The van der Waals surface area contributed by atoms with Crippen LogP contribution in [0.3, 0.4) is 0 Å². The van der Waals surface area contributed by atoms with Gasteiger partial charge in [0, 0.05) is 34.9 Å². The largest absolute Gasteiger partial charge is 0.359 e. The Labute approximate surface area is 118 Å². The lowest BCUT2D eigenvalue weighted by Crippen LogP contribution is -2.01. The maximum Gasteiger partial charge on any atom is 0.183 e. The lowest BCUT2D eigenvalue weighted by atomic mass is 10.2. The van der Waals surface area contributed by atoms with Crippen molar-refractivity contribution in [3.05, 3.63) is 22.8 Å². The monoisotopic (exact) mass is 275 g/mol. The van der Waals surface area contributed by atoms with Gasteiger partial charge in [0.25, 0.3) is 0 Å². The lowest BCUT2D eigenvalue weighted by molar-refractivity contribution is 0.649. The summed E-state index contributed by atoms with van der Waals surface area (Å²) in [5, 5.41) is 6.71. The number of hydrogen-bond acceptors (Lipinski definition) is 3. The van der Waals surface area contributed by atoms with Crippen LogP contribution in [0.5, 0.6) is 0 Å². The Kier molecular flexibility index (Phi) is 3.35. The highest BCUT2D eigenvalue weighted by Crippen LogP contribution is 2.32. The summed E-state index contributed by atoms with van der Waals surface area (Å²) in [5.41, 5.74) is 5.07. The fourth-order valence-corrected chi connectivity index (χ4v) is 3.28. The van der Waals surface area contributed by atoms with Gasteiger partial charge in [0.15, 0.2) is 5.13 Å². The van der Waals surface area contributed by atoms with Crippen molar-refractivity contribution in [2.45, 2.75) is 52.6 Å². The first-order chi connectivity index (χ1) is 9.19. The zero-order valence-electron chi connectivity index (χ0n) is 11.9. The van der Waals surface area contributed by atoms with Crippen LogP contribution in [0.25, 0.3) is 11.3 Å². The molecule has 0 unspecified atom stereocenters. The molecule has 0 atom stereocenters. The van der Waals surface area contributed by atoms with E-state index in [0.717, 1.165) is 17.4 Å². The van der Waals surface area contributed by atoms with Crippen molar-refractivity contribution < 1.29 is 0 Å². The molecule has 1 N–H and O–H groups in total. The number of aromatic nitrogens is 2. The fraction of sp³-hybridized carbons (Fsp3) is 0.533. The van der Waals surface area contributed by atoms with Gasteiger partial charge < -0.3 is 9.88 Å². The third-order valence-corrected chi connectivity index (χ3v) is 4.48. The van der Waals surface area contributed by atoms with Gasteiger partial charge in [0.05, 0.1) is 5.69 Å². The maximum atomic E-state index is 4.73. The molecule has 0 saturated heterocycles. The summed E-state index contributed by atoms with van der Waals surface area (Å²) in [6.07, 6.45) is 3.75. The Morgan fingerprint density at radius 3 is 2.89 bits per heavy atom. The topological polar surface area (TPSA) is 29.9 Å².